The molecule has 2 N–H and O–H groups in total. The van der Waals surface area contributed by atoms with E-state index in [0.717, 1.165) is 21.4 Å². The number of nitrogens with zero attached hydrogens (tertiary/aromatic N) is 3. The van der Waals surface area contributed by atoms with E-state index in [4.69, 9.17) is 0 Å². The molecule has 4 aromatic rings. The molecule has 0 aliphatic rings. The van der Waals surface area contributed by atoms with E-state index in [9.17, 15) is 19.2 Å². The van der Waals surface area contributed by atoms with E-state index in [1.165, 1.54) is 29.2 Å². The summed E-state index contributed by atoms with van der Waals surface area (Å²) >= 11 is 0. The zero-order chi connectivity index (χ0) is 25.8. The fourth-order valence-electron chi connectivity index (χ4n) is 4.08. The molecule has 4 rings (SSSR count). The van der Waals surface area contributed by atoms with Crippen molar-refractivity contribution in [2.45, 2.75) is 26.3 Å². The van der Waals surface area contributed by atoms with Crippen molar-refractivity contribution in [1.29, 1.82) is 0 Å². The molecule has 0 saturated carbocycles. The van der Waals surface area contributed by atoms with E-state index in [1.54, 1.807) is 50.4 Å². The average Bonchev–Trinajstić information content (AvgIpc) is 3.29. The molecular formula is C27H26FN5O3. The first kappa shape index (κ1) is 24.6. The summed E-state index contributed by atoms with van der Waals surface area (Å²) in [5.74, 6) is -1.45. The lowest BCUT2D eigenvalue weighted by Gasteiger charge is -2.19. The second-order valence-electron chi connectivity index (χ2n) is 8.51. The maximum Gasteiger partial charge on any atom is 0.270 e. The first-order valence-corrected chi connectivity index (χ1v) is 11.4. The van der Waals surface area contributed by atoms with E-state index in [1.807, 2.05) is 19.1 Å². The highest BCUT2D eigenvalue weighted by molar-refractivity contribution is 6.00. The van der Waals surface area contributed by atoms with E-state index < -0.39 is 23.7 Å². The third-order valence-electron chi connectivity index (χ3n) is 6.05. The van der Waals surface area contributed by atoms with Crippen LogP contribution in [0.15, 0.2) is 73.1 Å². The van der Waals surface area contributed by atoms with Crippen molar-refractivity contribution in [2.75, 3.05) is 5.32 Å². The van der Waals surface area contributed by atoms with Gasteiger partial charge in [-0.1, -0.05) is 30.3 Å². The Labute approximate surface area is 208 Å². The molecule has 184 valence electrons. The Morgan fingerprint density at radius 3 is 2.47 bits per heavy atom. The fraction of sp³-hybridized carbons (Fsp3) is 0.185. The number of rotatable bonds is 7. The Kier molecular flexibility index (Phi) is 7.10. The van der Waals surface area contributed by atoms with Gasteiger partial charge in [0, 0.05) is 38.3 Å². The number of aryl methyl sites for hydroxylation is 2. The van der Waals surface area contributed by atoms with Gasteiger partial charge in [0.2, 0.25) is 5.91 Å². The number of nitrogens with one attached hydrogen (secondary N) is 2. The number of carbonyl (C=O) groups excluding carboxylic acids is 2. The van der Waals surface area contributed by atoms with Gasteiger partial charge in [-0.15, -0.1) is 0 Å². The van der Waals surface area contributed by atoms with Crippen molar-refractivity contribution < 1.29 is 18.7 Å². The van der Waals surface area contributed by atoms with Gasteiger partial charge in [-0.05, 0) is 47.9 Å². The van der Waals surface area contributed by atoms with Crippen LogP contribution in [0.5, 0.6) is 0 Å². The molecule has 0 radical (unpaired) electrons. The van der Waals surface area contributed by atoms with Crippen LogP contribution in [-0.2, 0) is 18.3 Å². The molecule has 0 fully saturated rings. The van der Waals surface area contributed by atoms with E-state index in [-0.39, 0.29) is 12.1 Å². The summed E-state index contributed by atoms with van der Waals surface area (Å²) in [6.45, 7) is 3.68. The van der Waals surface area contributed by atoms with Crippen LogP contribution in [0.4, 0.5) is 10.1 Å². The topological polar surface area (TPSA) is 103 Å². The second-order valence-corrected chi connectivity index (χ2v) is 8.51. The number of anilines is 1. The van der Waals surface area contributed by atoms with Gasteiger partial charge >= 0.3 is 0 Å². The molecular weight excluding hydrogens is 461 g/mol. The third kappa shape index (κ3) is 5.25. The molecule has 8 nitrogen and oxygen atoms in total. The van der Waals surface area contributed by atoms with Crippen molar-refractivity contribution >= 4 is 17.5 Å². The maximum absolute atomic E-state index is 14.3. The number of aromatic nitrogens is 3. The molecule has 0 bridgehead atoms. The van der Waals surface area contributed by atoms with E-state index >= 15 is 0 Å². The highest BCUT2D eigenvalue weighted by Crippen LogP contribution is 2.26. The summed E-state index contributed by atoms with van der Waals surface area (Å²) in [6, 6.07) is 15.4. The van der Waals surface area contributed by atoms with Crippen LogP contribution in [0.3, 0.4) is 0 Å². The van der Waals surface area contributed by atoms with Gasteiger partial charge in [0.05, 0.1) is 5.56 Å². The number of pyridine rings is 1. The fourth-order valence-corrected chi connectivity index (χ4v) is 4.08. The lowest BCUT2D eigenvalue weighted by atomic mass is 9.99. The Bertz CT molecular complexity index is 1420. The summed E-state index contributed by atoms with van der Waals surface area (Å²) in [4.78, 5) is 26.0. The van der Waals surface area contributed by atoms with Crippen LogP contribution in [0.2, 0.25) is 0 Å². The number of amides is 2. The van der Waals surface area contributed by atoms with Gasteiger partial charge < -0.3 is 15.8 Å². The molecule has 2 amide bonds. The number of hydrogen-bond acceptors (Lipinski definition) is 4. The first-order chi connectivity index (χ1) is 17.2. The molecule has 0 spiro atoms. The second kappa shape index (κ2) is 10.4. The average molecular weight is 488 g/mol. The summed E-state index contributed by atoms with van der Waals surface area (Å²) in [5.41, 5.74) is 4.27. The van der Waals surface area contributed by atoms with Crippen molar-refractivity contribution in [3.8, 4) is 11.1 Å². The lowest BCUT2D eigenvalue weighted by molar-refractivity contribution is -0.611. The van der Waals surface area contributed by atoms with Crippen LogP contribution in [0, 0.1) is 24.9 Å². The minimum Gasteiger partial charge on any atom is -0.618 e. The highest BCUT2D eigenvalue weighted by Gasteiger charge is 2.24. The van der Waals surface area contributed by atoms with Gasteiger partial charge in [-0.3, -0.25) is 14.3 Å². The Morgan fingerprint density at radius 2 is 1.81 bits per heavy atom. The largest absolute Gasteiger partial charge is 0.618 e. The molecule has 1 atom stereocenters. The Hall–Kier alpha value is -4.53. The highest BCUT2D eigenvalue weighted by atomic mass is 19.1. The molecule has 0 saturated heterocycles. The number of hydrogen-bond donors (Lipinski definition) is 2. The maximum atomic E-state index is 14.3. The number of carbonyl (C=O) groups is 2. The lowest BCUT2D eigenvalue weighted by Crippen LogP contribution is -2.45. The SMILES string of the molecule is Cc1cc[n+]([O-])c(C)c1-c1ccc(NC(=O)[C@H](Cc2ccccc2F)NC(=O)c2ccnn2C)cc1. The van der Waals surface area contributed by atoms with Crippen LogP contribution in [-0.4, -0.2) is 27.6 Å². The minimum atomic E-state index is -1.04. The predicted octanol–water partition coefficient (Wildman–Crippen LogP) is 3.46. The molecule has 0 aliphatic carbocycles. The summed E-state index contributed by atoms with van der Waals surface area (Å²) in [7, 11) is 1.62. The van der Waals surface area contributed by atoms with Gasteiger partial charge in [-0.25, -0.2) is 4.39 Å². The number of benzene rings is 2. The number of halogens is 1. The molecule has 2 heterocycles. The van der Waals surface area contributed by atoms with Crippen molar-refractivity contribution in [1.82, 2.24) is 15.1 Å². The summed E-state index contributed by atoms with van der Waals surface area (Å²) in [5, 5.41) is 21.5. The molecule has 2 aromatic heterocycles. The zero-order valence-corrected chi connectivity index (χ0v) is 20.2. The predicted molar refractivity (Wildman–Crippen MR) is 134 cm³/mol. The van der Waals surface area contributed by atoms with Crippen LogP contribution in [0.25, 0.3) is 11.1 Å². The van der Waals surface area contributed by atoms with Gasteiger partial charge in [0.15, 0.2) is 11.9 Å². The standard InChI is InChI=1S/C27H26FN5O3/c1-17-13-15-33(36)18(2)25(17)19-8-10-21(11-9-19)30-26(34)23(16-20-6-4-5-7-22(20)28)31-27(35)24-12-14-29-32(24)3/h4-15,23H,16H2,1-3H3,(H,30,34)(H,31,35)/t23-/m0/s1. The summed E-state index contributed by atoms with van der Waals surface area (Å²) < 4.78 is 16.5. The van der Waals surface area contributed by atoms with Crippen molar-refractivity contribution in [3.63, 3.8) is 0 Å². The Morgan fingerprint density at radius 1 is 1.08 bits per heavy atom. The molecule has 0 unspecified atom stereocenters. The van der Waals surface area contributed by atoms with Crippen molar-refractivity contribution in [3.05, 3.63) is 107 Å². The minimum absolute atomic E-state index is 0.0356. The first-order valence-electron chi connectivity index (χ1n) is 11.4. The van der Waals surface area contributed by atoms with Gasteiger partial charge in [0.25, 0.3) is 5.91 Å². The third-order valence-corrected chi connectivity index (χ3v) is 6.05. The zero-order valence-electron chi connectivity index (χ0n) is 20.2. The molecule has 2 aromatic carbocycles. The smallest absolute Gasteiger partial charge is 0.270 e. The summed E-state index contributed by atoms with van der Waals surface area (Å²) in [6.07, 6.45) is 2.91. The van der Waals surface area contributed by atoms with Gasteiger partial charge in [-0.2, -0.15) is 9.83 Å². The van der Waals surface area contributed by atoms with E-state index in [2.05, 4.69) is 15.7 Å². The van der Waals surface area contributed by atoms with Crippen LogP contribution >= 0.6 is 0 Å². The Balaban J connectivity index is 1.56. The normalized spacial score (nSPS) is 11.7. The molecule has 0 aliphatic heterocycles. The molecule has 9 heteroatoms. The monoisotopic (exact) mass is 487 g/mol. The van der Waals surface area contributed by atoms with Crippen LogP contribution in [0.1, 0.15) is 27.3 Å². The molecule has 36 heavy (non-hydrogen) atoms. The van der Waals surface area contributed by atoms with Crippen molar-refractivity contribution in [2.24, 2.45) is 7.05 Å². The van der Waals surface area contributed by atoms with Crippen LogP contribution < -0.4 is 15.4 Å². The van der Waals surface area contributed by atoms with Gasteiger partial charge in [0.1, 0.15) is 17.6 Å². The quantitative estimate of drug-likeness (QED) is 0.308. The van der Waals surface area contributed by atoms with E-state index in [0.29, 0.717) is 16.9 Å².